The predicted molar refractivity (Wildman–Crippen MR) is 64.0 cm³/mol. The van der Waals surface area contributed by atoms with E-state index in [1.807, 2.05) is 6.07 Å². The molecule has 0 spiro atoms. The molecule has 0 atom stereocenters. The summed E-state index contributed by atoms with van der Waals surface area (Å²) in [5.74, 6) is -0.00788. The summed E-state index contributed by atoms with van der Waals surface area (Å²) in [6.45, 7) is 6.00. The lowest BCUT2D eigenvalue weighted by Gasteiger charge is -2.22. The number of hydrogen-bond donors (Lipinski definition) is 0. The number of aromatic nitrogens is 1. The SMILES string of the molecule is CCN(CCOC)c1ccc(C(C)=O)nc1. The fourth-order valence-electron chi connectivity index (χ4n) is 1.45. The van der Waals surface area contributed by atoms with Gasteiger partial charge in [0.1, 0.15) is 5.69 Å². The Hall–Kier alpha value is -1.42. The molecular weight excluding hydrogens is 204 g/mol. The van der Waals surface area contributed by atoms with Crippen LogP contribution in [0.2, 0.25) is 0 Å². The van der Waals surface area contributed by atoms with E-state index in [0.717, 1.165) is 18.8 Å². The van der Waals surface area contributed by atoms with Gasteiger partial charge in [-0.15, -0.1) is 0 Å². The van der Waals surface area contributed by atoms with Crippen LogP contribution in [0.4, 0.5) is 5.69 Å². The van der Waals surface area contributed by atoms with E-state index in [9.17, 15) is 4.79 Å². The van der Waals surface area contributed by atoms with Crippen molar-refractivity contribution in [1.82, 2.24) is 4.98 Å². The number of Topliss-reactive ketones (excluding diaryl/α,β-unsaturated/α-hetero) is 1. The van der Waals surface area contributed by atoms with E-state index in [4.69, 9.17) is 4.74 Å². The third-order valence-electron chi connectivity index (χ3n) is 2.42. The minimum Gasteiger partial charge on any atom is -0.383 e. The molecule has 4 nitrogen and oxygen atoms in total. The zero-order valence-electron chi connectivity index (χ0n) is 10.1. The van der Waals surface area contributed by atoms with E-state index in [0.29, 0.717) is 12.3 Å². The van der Waals surface area contributed by atoms with Gasteiger partial charge in [0.15, 0.2) is 5.78 Å². The fourth-order valence-corrected chi connectivity index (χ4v) is 1.45. The summed E-state index contributed by atoms with van der Waals surface area (Å²) in [5, 5.41) is 0. The molecule has 0 unspecified atom stereocenters. The van der Waals surface area contributed by atoms with Crippen molar-refractivity contribution in [2.24, 2.45) is 0 Å². The Labute approximate surface area is 96.2 Å². The zero-order valence-corrected chi connectivity index (χ0v) is 10.1. The molecule has 0 N–H and O–H groups in total. The van der Waals surface area contributed by atoms with Crippen LogP contribution in [-0.4, -0.2) is 37.6 Å². The highest BCUT2D eigenvalue weighted by atomic mass is 16.5. The lowest BCUT2D eigenvalue weighted by Crippen LogP contribution is -2.26. The van der Waals surface area contributed by atoms with Gasteiger partial charge in [-0.25, -0.2) is 0 Å². The largest absolute Gasteiger partial charge is 0.383 e. The van der Waals surface area contributed by atoms with Gasteiger partial charge in [-0.1, -0.05) is 0 Å². The van der Waals surface area contributed by atoms with Crippen LogP contribution in [0.1, 0.15) is 24.3 Å². The maximum Gasteiger partial charge on any atom is 0.178 e. The molecule has 88 valence electrons. The van der Waals surface area contributed by atoms with Crippen LogP contribution in [0, 0.1) is 0 Å². The highest BCUT2D eigenvalue weighted by molar-refractivity contribution is 5.92. The van der Waals surface area contributed by atoms with Gasteiger partial charge in [-0.2, -0.15) is 0 Å². The monoisotopic (exact) mass is 222 g/mol. The summed E-state index contributed by atoms with van der Waals surface area (Å²) in [4.78, 5) is 17.3. The van der Waals surface area contributed by atoms with Gasteiger partial charge in [0.05, 0.1) is 18.5 Å². The van der Waals surface area contributed by atoms with E-state index in [2.05, 4.69) is 16.8 Å². The number of hydrogen-bond acceptors (Lipinski definition) is 4. The van der Waals surface area contributed by atoms with Gasteiger partial charge in [-0.3, -0.25) is 9.78 Å². The Balaban J connectivity index is 2.74. The summed E-state index contributed by atoms with van der Waals surface area (Å²) >= 11 is 0. The quantitative estimate of drug-likeness (QED) is 0.688. The smallest absolute Gasteiger partial charge is 0.178 e. The number of likely N-dealkylation sites (N-methyl/N-ethyl adjacent to an activating group) is 1. The molecule has 1 aromatic heterocycles. The fraction of sp³-hybridized carbons (Fsp3) is 0.500. The lowest BCUT2D eigenvalue weighted by molar-refractivity contribution is 0.101. The molecule has 0 aliphatic rings. The molecule has 0 aliphatic carbocycles. The molecule has 0 aromatic carbocycles. The first-order chi connectivity index (χ1) is 7.69. The van der Waals surface area contributed by atoms with Crippen molar-refractivity contribution >= 4 is 11.5 Å². The van der Waals surface area contributed by atoms with Crippen molar-refractivity contribution in [3.8, 4) is 0 Å². The molecule has 1 heterocycles. The minimum absolute atomic E-state index is 0.00788. The standard InChI is InChI=1S/C12H18N2O2/c1-4-14(7-8-16-3)11-5-6-12(10(2)15)13-9-11/h5-6,9H,4,7-8H2,1-3H3. The molecule has 0 aliphatic heterocycles. The molecule has 0 amide bonds. The Bertz CT molecular complexity index is 335. The molecule has 16 heavy (non-hydrogen) atoms. The maximum absolute atomic E-state index is 11.1. The molecule has 0 fully saturated rings. The summed E-state index contributed by atoms with van der Waals surface area (Å²) in [6.07, 6.45) is 1.73. The van der Waals surface area contributed by atoms with Gasteiger partial charge in [0, 0.05) is 27.1 Å². The molecule has 1 rings (SSSR count). The predicted octanol–water partition coefficient (Wildman–Crippen LogP) is 1.76. The normalized spacial score (nSPS) is 10.2. The summed E-state index contributed by atoms with van der Waals surface area (Å²) in [7, 11) is 1.69. The van der Waals surface area contributed by atoms with E-state index in [1.165, 1.54) is 6.92 Å². The molecular formula is C12H18N2O2. The van der Waals surface area contributed by atoms with Gasteiger partial charge >= 0.3 is 0 Å². The molecule has 0 radical (unpaired) electrons. The van der Waals surface area contributed by atoms with Gasteiger partial charge < -0.3 is 9.64 Å². The number of ketones is 1. The second-order valence-corrected chi connectivity index (χ2v) is 3.53. The van der Waals surface area contributed by atoms with E-state index < -0.39 is 0 Å². The highest BCUT2D eigenvalue weighted by Crippen LogP contribution is 2.12. The topological polar surface area (TPSA) is 42.4 Å². The number of pyridine rings is 1. The molecule has 0 saturated carbocycles. The number of anilines is 1. The number of rotatable bonds is 6. The average molecular weight is 222 g/mol. The first-order valence-corrected chi connectivity index (χ1v) is 5.40. The van der Waals surface area contributed by atoms with Gasteiger partial charge in [0.2, 0.25) is 0 Å². The number of carbonyl (C=O) groups is 1. The molecule has 1 aromatic rings. The summed E-state index contributed by atoms with van der Waals surface area (Å²) in [6, 6.07) is 3.68. The zero-order chi connectivity index (χ0) is 12.0. The molecule has 0 bridgehead atoms. The second kappa shape index (κ2) is 6.23. The Morgan fingerprint density at radius 3 is 2.69 bits per heavy atom. The Morgan fingerprint density at radius 2 is 2.25 bits per heavy atom. The number of carbonyl (C=O) groups excluding carboxylic acids is 1. The number of nitrogens with zero attached hydrogens (tertiary/aromatic N) is 2. The number of ether oxygens (including phenoxy) is 1. The van der Waals surface area contributed by atoms with Crippen molar-refractivity contribution in [1.29, 1.82) is 0 Å². The van der Waals surface area contributed by atoms with Crippen molar-refractivity contribution in [2.75, 3.05) is 31.7 Å². The van der Waals surface area contributed by atoms with Gasteiger partial charge in [-0.05, 0) is 19.1 Å². The van der Waals surface area contributed by atoms with Crippen molar-refractivity contribution in [3.63, 3.8) is 0 Å². The van der Waals surface area contributed by atoms with Crippen LogP contribution in [0.3, 0.4) is 0 Å². The minimum atomic E-state index is -0.00788. The first kappa shape index (κ1) is 12.6. The second-order valence-electron chi connectivity index (χ2n) is 3.53. The molecule has 0 saturated heterocycles. The van der Waals surface area contributed by atoms with Crippen LogP contribution >= 0.6 is 0 Å². The number of methoxy groups -OCH3 is 1. The van der Waals surface area contributed by atoms with E-state index in [1.54, 1.807) is 19.4 Å². The van der Waals surface area contributed by atoms with Crippen molar-refractivity contribution < 1.29 is 9.53 Å². The highest BCUT2D eigenvalue weighted by Gasteiger charge is 2.06. The van der Waals surface area contributed by atoms with Crippen LogP contribution in [0.5, 0.6) is 0 Å². The Kier molecular flexibility index (Phi) is 4.92. The van der Waals surface area contributed by atoms with Gasteiger partial charge in [0.25, 0.3) is 0 Å². The maximum atomic E-state index is 11.1. The first-order valence-electron chi connectivity index (χ1n) is 5.40. The van der Waals surface area contributed by atoms with Crippen LogP contribution in [-0.2, 0) is 4.74 Å². The van der Waals surface area contributed by atoms with Crippen LogP contribution in [0.15, 0.2) is 18.3 Å². The van der Waals surface area contributed by atoms with E-state index >= 15 is 0 Å². The third-order valence-corrected chi connectivity index (χ3v) is 2.42. The van der Waals surface area contributed by atoms with Crippen molar-refractivity contribution in [2.45, 2.75) is 13.8 Å². The summed E-state index contributed by atoms with van der Waals surface area (Å²) < 4.78 is 5.04. The third kappa shape index (κ3) is 3.31. The Morgan fingerprint density at radius 1 is 1.50 bits per heavy atom. The lowest BCUT2D eigenvalue weighted by atomic mass is 10.2. The average Bonchev–Trinajstić information content (AvgIpc) is 2.30. The van der Waals surface area contributed by atoms with E-state index in [-0.39, 0.29) is 5.78 Å². The summed E-state index contributed by atoms with van der Waals surface area (Å²) in [5.41, 5.74) is 1.52. The van der Waals surface area contributed by atoms with Crippen LogP contribution in [0.25, 0.3) is 0 Å². The van der Waals surface area contributed by atoms with Crippen LogP contribution < -0.4 is 4.90 Å². The molecule has 4 heteroatoms. The van der Waals surface area contributed by atoms with Crippen molar-refractivity contribution in [3.05, 3.63) is 24.0 Å².